The third-order valence-corrected chi connectivity index (χ3v) is 3.28. The molecule has 1 aliphatic heterocycles. The van der Waals surface area contributed by atoms with Crippen molar-refractivity contribution in [2.24, 2.45) is 11.8 Å². The molecule has 2 N–H and O–H groups in total. The number of halogens is 1. The average Bonchev–Trinajstić information content (AvgIpc) is 2.59. The van der Waals surface area contributed by atoms with Gasteiger partial charge in [0.2, 0.25) is 0 Å². The molecule has 2 rings (SSSR count). The number of nitrogens with zero attached hydrogens (tertiary/aromatic N) is 2. The molecule has 5 heteroatoms. The Balaban J connectivity index is 0.00000144. The van der Waals surface area contributed by atoms with E-state index in [-0.39, 0.29) is 18.3 Å². The maximum absolute atomic E-state index is 12.1. The molecule has 1 saturated heterocycles. The molecule has 0 aliphatic carbocycles. The van der Waals surface area contributed by atoms with Gasteiger partial charge in [-0.2, -0.15) is 0 Å². The number of hydrogen-bond donors (Lipinski definition) is 1. The van der Waals surface area contributed by atoms with Gasteiger partial charge in [0.25, 0.3) is 5.91 Å². The van der Waals surface area contributed by atoms with Crippen molar-refractivity contribution in [1.29, 1.82) is 0 Å². The largest absolute Gasteiger partial charge is 0.397 e. The Labute approximate surface area is 108 Å². The summed E-state index contributed by atoms with van der Waals surface area (Å²) in [5.41, 5.74) is 6.60. The molecule has 0 spiro atoms. The third kappa shape index (κ3) is 2.88. The fraction of sp³-hybridized carbons (Fsp3) is 0.500. The minimum Gasteiger partial charge on any atom is -0.397 e. The van der Waals surface area contributed by atoms with Crippen LogP contribution in [-0.2, 0) is 0 Å². The number of hydrogen-bond acceptors (Lipinski definition) is 3. The van der Waals surface area contributed by atoms with Gasteiger partial charge >= 0.3 is 0 Å². The molecule has 0 radical (unpaired) electrons. The zero-order valence-corrected chi connectivity index (χ0v) is 10.9. The molecule has 0 aromatic carbocycles. The number of amides is 1. The predicted molar refractivity (Wildman–Crippen MR) is 70.1 cm³/mol. The highest BCUT2D eigenvalue weighted by atomic mass is 35.5. The van der Waals surface area contributed by atoms with Crippen LogP contribution in [0.15, 0.2) is 18.3 Å². The summed E-state index contributed by atoms with van der Waals surface area (Å²) in [6, 6.07) is 3.40. The number of aromatic nitrogens is 1. The lowest BCUT2D eigenvalue weighted by Crippen LogP contribution is -2.29. The van der Waals surface area contributed by atoms with E-state index in [9.17, 15) is 4.79 Å². The van der Waals surface area contributed by atoms with E-state index in [1.54, 1.807) is 12.1 Å². The lowest BCUT2D eigenvalue weighted by atomic mass is 10.0. The van der Waals surface area contributed by atoms with Crippen LogP contribution >= 0.6 is 12.4 Å². The van der Waals surface area contributed by atoms with E-state index in [1.807, 2.05) is 4.90 Å². The molecular weight excluding hydrogens is 238 g/mol. The van der Waals surface area contributed by atoms with Crippen molar-refractivity contribution in [2.75, 3.05) is 18.8 Å². The number of likely N-dealkylation sites (tertiary alicyclic amines) is 1. The maximum atomic E-state index is 12.1. The van der Waals surface area contributed by atoms with Gasteiger partial charge in [-0.05, 0) is 24.0 Å². The highest BCUT2D eigenvalue weighted by Gasteiger charge is 2.30. The lowest BCUT2D eigenvalue weighted by Gasteiger charge is -2.15. The molecule has 2 heterocycles. The first-order valence-electron chi connectivity index (χ1n) is 5.58. The summed E-state index contributed by atoms with van der Waals surface area (Å²) in [7, 11) is 0. The van der Waals surface area contributed by atoms with Gasteiger partial charge in [-0.3, -0.25) is 4.79 Å². The van der Waals surface area contributed by atoms with Gasteiger partial charge in [0.05, 0.1) is 11.9 Å². The molecule has 94 valence electrons. The summed E-state index contributed by atoms with van der Waals surface area (Å²) >= 11 is 0. The first-order valence-corrected chi connectivity index (χ1v) is 5.58. The number of rotatable bonds is 1. The van der Waals surface area contributed by atoms with Crippen LogP contribution in [0.2, 0.25) is 0 Å². The molecule has 1 aromatic rings. The average molecular weight is 256 g/mol. The van der Waals surface area contributed by atoms with Crippen molar-refractivity contribution in [2.45, 2.75) is 13.8 Å². The molecule has 1 amide bonds. The highest BCUT2D eigenvalue weighted by molar-refractivity contribution is 5.92. The van der Waals surface area contributed by atoms with E-state index >= 15 is 0 Å². The van der Waals surface area contributed by atoms with Gasteiger partial charge < -0.3 is 10.6 Å². The molecule has 2 unspecified atom stereocenters. The molecular formula is C12H18ClN3O. The van der Waals surface area contributed by atoms with E-state index in [4.69, 9.17) is 5.73 Å². The van der Waals surface area contributed by atoms with E-state index in [1.165, 1.54) is 6.20 Å². The Bertz CT molecular complexity index is 383. The number of pyridine rings is 1. The second-order valence-electron chi connectivity index (χ2n) is 4.64. The standard InChI is InChI=1S/C12H17N3O.ClH/c1-8-6-15(7-9(8)2)12(16)11-4-3-10(13)5-14-11;/h3-5,8-9H,6-7,13H2,1-2H3;1H. The minimum atomic E-state index is 0. The summed E-state index contributed by atoms with van der Waals surface area (Å²) < 4.78 is 0. The summed E-state index contributed by atoms with van der Waals surface area (Å²) in [5.74, 6) is 1.15. The molecule has 0 saturated carbocycles. The van der Waals surface area contributed by atoms with Gasteiger partial charge in [0.15, 0.2) is 0 Å². The molecule has 1 aliphatic rings. The van der Waals surface area contributed by atoms with Gasteiger partial charge in [0.1, 0.15) is 5.69 Å². The van der Waals surface area contributed by atoms with Gasteiger partial charge in [0, 0.05) is 13.1 Å². The SMILES string of the molecule is CC1CN(C(=O)c2ccc(N)cn2)CC1C.Cl. The summed E-state index contributed by atoms with van der Waals surface area (Å²) in [6.07, 6.45) is 1.52. The monoisotopic (exact) mass is 255 g/mol. The number of nitrogens with two attached hydrogens (primary N) is 1. The van der Waals surface area contributed by atoms with Crippen molar-refractivity contribution < 1.29 is 4.79 Å². The van der Waals surface area contributed by atoms with E-state index in [2.05, 4.69) is 18.8 Å². The molecule has 4 nitrogen and oxygen atoms in total. The van der Waals surface area contributed by atoms with Crippen LogP contribution in [0.5, 0.6) is 0 Å². The summed E-state index contributed by atoms with van der Waals surface area (Å²) in [5, 5.41) is 0. The van der Waals surface area contributed by atoms with Crippen LogP contribution in [0.4, 0.5) is 5.69 Å². The van der Waals surface area contributed by atoms with Gasteiger partial charge in [-0.15, -0.1) is 12.4 Å². The molecule has 0 bridgehead atoms. The highest BCUT2D eigenvalue weighted by Crippen LogP contribution is 2.23. The predicted octanol–water partition coefficient (Wildman–Crippen LogP) is 1.81. The van der Waals surface area contributed by atoms with Crippen LogP contribution in [0.25, 0.3) is 0 Å². The lowest BCUT2D eigenvalue weighted by molar-refractivity contribution is 0.0779. The smallest absolute Gasteiger partial charge is 0.272 e. The van der Waals surface area contributed by atoms with E-state index < -0.39 is 0 Å². The quantitative estimate of drug-likeness (QED) is 0.833. The third-order valence-electron chi connectivity index (χ3n) is 3.28. The fourth-order valence-electron chi connectivity index (χ4n) is 1.99. The fourth-order valence-corrected chi connectivity index (χ4v) is 1.99. The molecule has 1 aromatic heterocycles. The number of carbonyl (C=O) groups is 1. The van der Waals surface area contributed by atoms with Crippen molar-refractivity contribution in [3.8, 4) is 0 Å². The zero-order chi connectivity index (χ0) is 11.7. The Morgan fingerprint density at radius 1 is 1.35 bits per heavy atom. The van der Waals surface area contributed by atoms with Crippen molar-refractivity contribution in [3.63, 3.8) is 0 Å². The van der Waals surface area contributed by atoms with Gasteiger partial charge in [-0.1, -0.05) is 13.8 Å². The van der Waals surface area contributed by atoms with Crippen LogP contribution in [0.1, 0.15) is 24.3 Å². The number of anilines is 1. The topological polar surface area (TPSA) is 59.2 Å². The van der Waals surface area contributed by atoms with Crippen LogP contribution < -0.4 is 5.73 Å². The zero-order valence-electron chi connectivity index (χ0n) is 10.1. The summed E-state index contributed by atoms with van der Waals surface area (Å²) in [6.45, 7) is 6.00. The van der Waals surface area contributed by atoms with Crippen LogP contribution in [0.3, 0.4) is 0 Å². The molecule has 17 heavy (non-hydrogen) atoms. The second-order valence-corrected chi connectivity index (χ2v) is 4.64. The molecule has 2 atom stereocenters. The van der Waals surface area contributed by atoms with Gasteiger partial charge in [-0.25, -0.2) is 4.98 Å². The number of carbonyl (C=O) groups excluding carboxylic acids is 1. The minimum absolute atomic E-state index is 0. The van der Waals surface area contributed by atoms with Crippen molar-refractivity contribution in [3.05, 3.63) is 24.0 Å². The second kappa shape index (κ2) is 5.36. The van der Waals surface area contributed by atoms with Crippen LogP contribution in [-0.4, -0.2) is 28.9 Å². The normalized spacial score (nSPS) is 23.3. The maximum Gasteiger partial charge on any atom is 0.272 e. The first kappa shape index (κ1) is 13.8. The van der Waals surface area contributed by atoms with E-state index in [0.717, 1.165) is 13.1 Å². The Morgan fingerprint density at radius 2 is 1.94 bits per heavy atom. The Morgan fingerprint density at radius 3 is 2.41 bits per heavy atom. The first-order chi connectivity index (χ1) is 7.58. The summed E-state index contributed by atoms with van der Waals surface area (Å²) in [4.78, 5) is 18.0. The van der Waals surface area contributed by atoms with E-state index in [0.29, 0.717) is 23.2 Å². The van der Waals surface area contributed by atoms with Crippen molar-refractivity contribution >= 4 is 24.0 Å². The Kier molecular flexibility index (Phi) is 4.34. The van der Waals surface area contributed by atoms with Crippen molar-refractivity contribution in [1.82, 2.24) is 9.88 Å². The Hall–Kier alpha value is -1.29. The number of nitrogen functional groups attached to an aromatic ring is 1. The van der Waals surface area contributed by atoms with Crippen LogP contribution in [0, 0.1) is 11.8 Å². The molecule has 1 fully saturated rings.